The summed E-state index contributed by atoms with van der Waals surface area (Å²) < 4.78 is 29.2. The van der Waals surface area contributed by atoms with Crippen molar-refractivity contribution in [3.8, 4) is 5.75 Å². The largest absolute Gasteiger partial charge is 0.508 e. The van der Waals surface area contributed by atoms with Crippen LogP contribution in [0, 0.1) is 0 Å². The van der Waals surface area contributed by atoms with Gasteiger partial charge >= 0.3 is 0 Å². The number of halogens is 1. The fraction of sp³-hybridized carbons (Fsp3) is 0.0909. The van der Waals surface area contributed by atoms with E-state index in [0.717, 1.165) is 8.78 Å². The number of rotatable bonds is 7. The molecular weight excluding hydrogens is 482 g/mol. The molecule has 1 atom stereocenters. The minimum Gasteiger partial charge on any atom is -0.508 e. The van der Waals surface area contributed by atoms with E-state index >= 15 is 0 Å². The van der Waals surface area contributed by atoms with Crippen LogP contribution in [-0.4, -0.2) is 25.6 Å². The van der Waals surface area contributed by atoms with Crippen LogP contribution in [0.15, 0.2) is 93.3 Å². The van der Waals surface area contributed by atoms with Gasteiger partial charge in [0.05, 0.1) is 10.6 Å². The lowest BCUT2D eigenvalue weighted by Crippen LogP contribution is -2.42. The zero-order chi connectivity index (χ0) is 22.4. The summed E-state index contributed by atoms with van der Waals surface area (Å²) in [5, 5.41) is 14.2. The second-order valence-corrected chi connectivity index (χ2v) is 9.15. The van der Waals surface area contributed by atoms with E-state index in [4.69, 9.17) is 0 Å². The summed E-state index contributed by atoms with van der Waals surface area (Å²) >= 11 is 3.34. The smallest absolute Gasteiger partial charge is 0.268 e. The fourth-order valence-electron chi connectivity index (χ4n) is 3.00. The minimum absolute atomic E-state index is 0.00475. The molecule has 160 valence electrons. The maximum Gasteiger partial charge on any atom is 0.268 e. The monoisotopic (exact) mass is 501 g/mol. The first-order chi connectivity index (χ1) is 14.9. The Morgan fingerprint density at radius 2 is 1.65 bits per heavy atom. The number of nitrogens with zero attached hydrogens (tertiary/aromatic N) is 2. The van der Waals surface area contributed by atoms with Crippen LogP contribution in [0.1, 0.15) is 18.5 Å². The first kappa shape index (κ1) is 22.5. The average molecular weight is 502 g/mol. The molecule has 0 bridgehead atoms. The SMILES string of the molecule is CC=NNC(=O)C(c1ccccc1O)N(c1ccc(Br)cc1)S(=O)(=O)c1ccccc1. The molecule has 0 spiro atoms. The Labute approximate surface area is 189 Å². The van der Waals surface area contributed by atoms with Gasteiger partial charge in [-0.05, 0) is 49.4 Å². The Hall–Kier alpha value is -3.17. The number of hydrazone groups is 1. The lowest BCUT2D eigenvalue weighted by Gasteiger charge is -2.32. The predicted molar refractivity (Wildman–Crippen MR) is 123 cm³/mol. The molecule has 2 N–H and O–H groups in total. The van der Waals surface area contributed by atoms with Gasteiger partial charge in [0, 0.05) is 16.3 Å². The Morgan fingerprint density at radius 3 is 2.26 bits per heavy atom. The maximum atomic E-state index is 13.7. The van der Waals surface area contributed by atoms with E-state index < -0.39 is 22.0 Å². The maximum absolute atomic E-state index is 13.7. The summed E-state index contributed by atoms with van der Waals surface area (Å²) in [5.74, 6) is -0.935. The predicted octanol–water partition coefficient (Wildman–Crippen LogP) is 4.21. The van der Waals surface area contributed by atoms with Crippen molar-refractivity contribution >= 4 is 43.8 Å². The number of benzene rings is 3. The van der Waals surface area contributed by atoms with Gasteiger partial charge in [-0.15, -0.1) is 0 Å². The molecule has 0 saturated heterocycles. The second kappa shape index (κ2) is 9.76. The lowest BCUT2D eigenvalue weighted by atomic mass is 10.0. The summed E-state index contributed by atoms with van der Waals surface area (Å²) in [6.07, 6.45) is 1.37. The number of sulfonamides is 1. The Morgan fingerprint density at radius 1 is 1.03 bits per heavy atom. The molecule has 0 fully saturated rings. The lowest BCUT2D eigenvalue weighted by molar-refractivity contribution is -0.122. The summed E-state index contributed by atoms with van der Waals surface area (Å²) in [6.45, 7) is 1.61. The third-order valence-corrected chi connectivity index (χ3v) is 6.74. The third-order valence-electron chi connectivity index (χ3n) is 4.40. The van der Waals surface area contributed by atoms with Crippen molar-refractivity contribution in [1.82, 2.24) is 5.43 Å². The zero-order valence-corrected chi connectivity index (χ0v) is 18.9. The van der Waals surface area contributed by atoms with E-state index in [-0.39, 0.29) is 21.9 Å². The van der Waals surface area contributed by atoms with Gasteiger partial charge < -0.3 is 5.11 Å². The molecule has 31 heavy (non-hydrogen) atoms. The van der Waals surface area contributed by atoms with E-state index in [1.165, 1.54) is 30.5 Å². The van der Waals surface area contributed by atoms with Crippen molar-refractivity contribution in [2.45, 2.75) is 17.9 Å². The van der Waals surface area contributed by atoms with Crippen molar-refractivity contribution in [2.75, 3.05) is 4.31 Å². The molecule has 7 nitrogen and oxygen atoms in total. The minimum atomic E-state index is -4.21. The normalized spacial score (nSPS) is 12.5. The highest BCUT2D eigenvalue weighted by molar-refractivity contribution is 9.10. The second-order valence-electron chi connectivity index (χ2n) is 6.42. The fourth-order valence-corrected chi connectivity index (χ4v) is 4.88. The molecule has 1 unspecified atom stereocenters. The molecular formula is C22H20BrN3O4S. The first-order valence-electron chi connectivity index (χ1n) is 9.26. The number of nitrogens with one attached hydrogen (secondary N) is 1. The molecule has 0 aliphatic carbocycles. The summed E-state index contributed by atoms with van der Waals surface area (Å²) in [4.78, 5) is 13.2. The van der Waals surface area contributed by atoms with Crippen LogP contribution >= 0.6 is 15.9 Å². The van der Waals surface area contributed by atoms with Gasteiger partial charge in [-0.1, -0.05) is 52.3 Å². The topological polar surface area (TPSA) is 99.1 Å². The molecule has 0 saturated carbocycles. The van der Waals surface area contributed by atoms with Crippen LogP contribution in [0.4, 0.5) is 5.69 Å². The number of hydrogen-bond acceptors (Lipinski definition) is 5. The summed E-state index contributed by atoms with van der Waals surface area (Å²) in [6, 6.07) is 19.0. The van der Waals surface area contributed by atoms with Gasteiger partial charge in [0.1, 0.15) is 5.75 Å². The van der Waals surface area contributed by atoms with E-state index in [1.54, 1.807) is 61.5 Å². The van der Waals surface area contributed by atoms with Crippen LogP contribution in [0.5, 0.6) is 5.75 Å². The molecule has 3 aromatic rings. The van der Waals surface area contributed by atoms with Crippen molar-refractivity contribution in [1.29, 1.82) is 0 Å². The number of para-hydroxylation sites is 1. The zero-order valence-electron chi connectivity index (χ0n) is 16.5. The molecule has 1 amide bonds. The number of phenolic OH excluding ortho intramolecular Hbond substituents is 1. The van der Waals surface area contributed by atoms with Gasteiger partial charge in [0.15, 0.2) is 6.04 Å². The van der Waals surface area contributed by atoms with Crippen LogP contribution in [0.2, 0.25) is 0 Å². The van der Waals surface area contributed by atoms with Crippen LogP contribution in [-0.2, 0) is 14.8 Å². The Balaban J connectivity index is 2.28. The highest BCUT2D eigenvalue weighted by Crippen LogP contribution is 2.37. The summed E-state index contributed by atoms with van der Waals surface area (Å²) in [7, 11) is -4.21. The molecule has 9 heteroatoms. The molecule has 0 aromatic heterocycles. The van der Waals surface area contributed by atoms with E-state index in [0.29, 0.717) is 0 Å². The van der Waals surface area contributed by atoms with Crippen molar-refractivity contribution in [3.63, 3.8) is 0 Å². The highest BCUT2D eigenvalue weighted by atomic mass is 79.9. The standard InChI is InChI=1S/C22H20BrN3O4S/c1-2-24-25-22(28)21(19-10-6-7-11-20(19)27)26(17-14-12-16(23)13-15-17)31(29,30)18-8-4-3-5-9-18/h2-15,21,27H,1H3,(H,25,28). The van der Waals surface area contributed by atoms with E-state index in [2.05, 4.69) is 26.5 Å². The first-order valence-corrected chi connectivity index (χ1v) is 11.5. The summed E-state index contributed by atoms with van der Waals surface area (Å²) in [5.41, 5.74) is 2.71. The number of anilines is 1. The number of carbonyl (C=O) groups excluding carboxylic acids is 1. The quantitative estimate of drug-likeness (QED) is 0.374. The van der Waals surface area contributed by atoms with Crippen molar-refractivity contribution in [3.05, 3.63) is 88.9 Å². The van der Waals surface area contributed by atoms with E-state index in [1.807, 2.05) is 0 Å². The number of aromatic hydroxyl groups is 1. The molecule has 3 aromatic carbocycles. The molecule has 0 aliphatic heterocycles. The molecule has 3 rings (SSSR count). The number of carbonyl (C=O) groups is 1. The Bertz CT molecular complexity index is 1180. The van der Waals surface area contributed by atoms with Crippen LogP contribution in [0.25, 0.3) is 0 Å². The average Bonchev–Trinajstić information content (AvgIpc) is 2.78. The van der Waals surface area contributed by atoms with Crippen LogP contribution < -0.4 is 9.73 Å². The van der Waals surface area contributed by atoms with Crippen LogP contribution in [0.3, 0.4) is 0 Å². The van der Waals surface area contributed by atoms with Gasteiger partial charge in [0.2, 0.25) is 0 Å². The van der Waals surface area contributed by atoms with Crippen molar-refractivity contribution < 1.29 is 18.3 Å². The number of hydrogen-bond donors (Lipinski definition) is 2. The molecule has 0 aliphatic rings. The highest BCUT2D eigenvalue weighted by Gasteiger charge is 2.38. The molecule has 0 heterocycles. The third kappa shape index (κ3) is 4.95. The van der Waals surface area contributed by atoms with Gasteiger partial charge in [-0.3, -0.25) is 4.79 Å². The van der Waals surface area contributed by atoms with Gasteiger partial charge in [0.25, 0.3) is 15.9 Å². The number of phenols is 1. The van der Waals surface area contributed by atoms with Gasteiger partial charge in [-0.2, -0.15) is 5.10 Å². The Kier molecular flexibility index (Phi) is 7.09. The van der Waals surface area contributed by atoms with Crippen molar-refractivity contribution in [2.24, 2.45) is 5.10 Å². The van der Waals surface area contributed by atoms with Gasteiger partial charge in [-0.25, -0.2) is 18.1 Å². The molecule has 0 radical (unpaired) electrons. The van der Waals surface area contributed by atoms with E-state index in [9.17, 15) is 18.3 Å². The number of amides is 1.